The molecule has 2 aromatic carbocycles. The highest BCUT2D eigenvalue weighted by molar-refractivity contribution is 5.94. The number of aryl methyl sites for hydroxylation is 1. The van der Waals surface area contributed by atoms with E-state index in [2.05, 4.69) is 10.00 Å². The highest BCUT2D eigenvalue weighted by atomic mass is 19.4. The number of carbonyl (C=O) groups excluding carboxylic acids is 1. The second kappa shape index (κ2) is 12.9. The number of ether oxygens (including phenoxy) is 1. The molecule has 234 valence electrons. The summed E-state index contributed by atoms with van der Waals surface area (Å²) in [5, 5.41) is 4.63. The highest BCUT2D eigenvalue weighted by Crippen LogP contribution is 2.37. The number of piperazine rings is 1. The molecule has 0 saturated carbocycles. The fraction of sp³-hybridized carbons (Fsp3) is 0.448. The molecule has 0 aliphatic carbocycles. The standard InChI is InChI=1S/C29H32F7N5O2/c1-19-25(26(39-11-9-38(2)10-12-39)41(37-19)24-7-4-6-23(30)17-24)18-40(8-5-13-43-3)27(42)20-14-21(28(31,32)33)16-22(15-20)29(34,35)36/h4,6-7,14-17H,5,8-13,18H2,1-3H3. The maximum atomic E-state index is 14.2. The normalized spacial score (nSPS) is 14.8. The maximum absolute atomic E-state index is 14.2. The number of anilines is 1. The van der Waals surface area contributed by atoms with Crippen LogP contribution in [0.25, 0.3) is 5.69 Å². The Kier molecular flexibility index (Phi) is 9.70. The number of carbonyl (C=O) groups is 1. The average molecular weight is 616 g/mol. The van der Waals surface area contributed by atoms with Crippen LogP contribution in [-0.4, -0.2) is 79.0 Å². The predicted octanol–water partition coefficient (Wildman–Crippen LogP) is 5.79. The molecule has 0 atom stereocenters. The van der Waals surface area contributed by atoms with E-state index in [-0.39, 0.29) is 32.2 Å². The molecular formula is C29H32F7N5O2. The van der Waals surface area contributed by atoms with Gasteiger partial charge >= 0.3 is 12.4 Å². The molecule has 1 aromatic heterocycles. The first kappa shape index (κ1) is 32.3. The second-order valence-electron chi connectivity index (χ2n) is 10.4. The van der Waals surface area contributed by atoms with E-state index in [1.165, 1.54) is 30.2 Å². The first-order valence-electron chi connectivity index (χ1n) is 13.5. The molecule has 0 bridgehead atoms. The zero-order valence-corrected chi connectivity index (χ0v) is 23.9. The first-order chi connectivity index (χ1) is 20.2. The SMILES string of the molecule is COCCCN(Cc1c(C)nn(-c2cccc(F)c2)c1N1CCN(C)CC1)C(=O)c1cc(C(F)(F)F)cc(C(F)(F)F)c1. The maximum Gasteiger partial charge on any atom is 0.416 e. The van der Waals surface area contributed by atoms with E-state index >= 15 is 0 Å². The van der Waals surface area contributed by atoms with Crippen molar-refractivity contribution >= 4 is 11.7 Å². The summed E-state index contributed by atoms with van der Waals surface area (Å²) in [6, 6.07) is 6.65. The van der Waals surface area contributed by atoms with Crippen LogP contribution >= 0.6 is 0 Å². The number of nitrogens with zero attached hydrogens (tertiary/aromatic N) is 5. The quantitative estimate of drug-likeness (QED) is 0.226. The number of hydrogen-bond acceptors (Lipinski definition) is 5. The van der Waals surface area contributed by atoms with Crippen LogP contribution in [0, 0.1) is 12.7 Å². The summed E-state index contributed by atoms with van der Waals surface area (Å²) >= 11 is 0. The Morgan fingerprint density at radius 2 is 1.60 bits per heavy atom. The fourth-order valence-electron chi connectivity index (χ4n) is 4.97. The monoisotopic (exact) mass is 615 g/mol. The van der Waals surface area contributed by atoms with E-state index in [4.69, 9.17) is 4.74 Å². The Morgan fingerprint density at radius 1 is 0.977 bits per heavy atom. The van der Waals surface area contributed by atoms with E-state index in [0.29, 0.717) is 61.1 Å². The second-order valence-corrected chi connectivity index (χ2v) is 10.4. The summed E-state index contributed by atoms with van der Waals surface area (Å²) in [5.41, 5.74) is -2.44. The topological polar surface area (TPSA) is 53.8 Å². The summed E-state index contributed by atoms with van der Waals surface area (Å²) in [4.78, 5) is 19.1. The van der Waals surface area contributed by atoms with Gasteiger partial charge in [0.2, 0.25) is 0 Å². The molecule has 3 aromatic rings. The minimum atomic E-state index is -5.10. The van der Waals surface area contributed by atoms with Gasteiger partial charge in [0.25, 0.3) is 5.91 Å². The molecule has 1 aliphatic rings. The molecule has 7 nitrogen and oxygen atoms in total. The van der Waals surface area contributed by atoms with Crippen molar-refractivity contribution in [3.63, 3.8) is 0 Å². The van der Waals surface area contributed by atoms with Crippen LogP contribution in [0.1, 0.15) is 39.2 Å². The van der Waals surface area contributed by atoms with Gasteiger partial charge in [0.05, 0.1) is 29.1 Å². The molecule has 0 unspecified atom stereocenters. The highest BCUT2D eigenvalue weighted by Gasteiger charge is 2.38. The Hall–Kier alpha value is -3.65. The van der Waals surface area contributed by atoms with Crippen molar-refractivity contribution in [2.24, 2.45) is 0 Å². The summed E-state index contributed by atoms with van der Waals surface area (Å²) in [5.74, 6) is -0.923. The summed E-state index contributed by atoms with van der Waals surface area (Å²) in [6.07, 6.45) is -9.93. The van der Waals surface area contributed by atoms with Crippen LogP contribution in [0.5, 0.6) is 0 Å². The van der Waals surface area contributed by atoms with Crippen molar-refractivity contribution < 1.29 is 40.3 Å². The van der Waals surface area contributed by atoms with Gasteiger partial charge in [0.15, 0.2) is 0 Å². The van der Waals surface area contributed by atoms with E-state index in [9.17, 15) is 35.5 Å². The number of methoxy groups -OCH3 is 1. The molecule has 0 spiro atoms. The van der Waals surface area contributed by atoms with Gasteiger partial charge in [-0.25, -0.2) is 9.07 Å². The number of alkyl halides is 6. The number of benzene rings is 2. The Labute approximate surface area is 244 Å². The molecule has 1 aliphatic heterocycles. The van der Waals surface area contributed by atoms with Crippen molar-refractivity contribution in [2.45, 2.75) is 32.2 Å². The smallest absolute Gasteiger partial charge is 0.385 e. The van der Waals surface area contributed by atoms with Crippen molar-refractivity contribution in [2.75, 3.05) is 58.4 Å². The van der Waals surface area contributed by atoms with E-state index in [0.717, 1.165) is 0 Å². The predicted molar refractivity (Wildman–Crippen MR) is 146 cm³/mol. The van der Waals surface area contributed by atoms with Crippen molar-refractivity contribution in [1.29, 1.82) is 0 Å². The number of amides is 1. The van der Waals surface area contributed by atoms with Gasteiger partial charge in [-0.1, -0.05) is 6.07 Å². The Balaban J connectivity index is 1.81. The van der Waals surface area contributed by atoms with Crippen LogP contribution in [-0.2, 0) is 23.6 Å². The van der Waals surface area contributed by atoms with E-state index in [1.54, 1.807) is 17.7 Å². The number of rotatable bonds is 9. The fourth-order valence-corrected chi connectivity index (χ4v) is 4.97. The van der Waals surface area contributed by atoms with Crippen LogP contribution in [0.15, 0.2) is 42.5 Å². The van der Waals surface area contributed by atoms with Crippen molar-refractivity contribution in [3.8, 4) is 5.69 Å². The van der Waals surface area contributed by atoms with Crippen molar-refractivity contribution in [3.05, 3.63) is 76.2 Å². The number of halogens is 7. The van der Waals surface area contributed by atoms with Gasteiger partial charge in [0, 0.05) is 57.6 Å². The van der Waals surface area contributed by atoms with Crippen LogP contribution in [0.2, 0.25) is 0 Å². The van der Waals surface area contributed by atoms with Gasteiger partial charge in [-0.05, 0) is 56.8 Å². The minimum absolute atomic E-state index is 0.00923. The molecule has 1 fully saturated rings. The molecule has 1 saturated heterocycles. The van der Waals surface area contributed by atoms with E-state index < -0.39 is 40.8 Å². The van der Waals surface area contributed by atoms with Crippen LogP contribution in [0.3, 0.4) is 0 Å². The molecule has 43 heavy (non-hydrogen) atoms. The van der Waals surface area contributed by atoms with Gasteiger partial charge in [-0.3, -0.25) is 4.79 Å². The molecule has 2 heterocycles. The third-order valence-electron chi connectivity index (χ3n) is 7.26. The lowest BCUT2D eigenvalue weighted by Crippen LogP contribution is -2.45. The first-order valence-corrected chi connectivity index (χ1v) is 13.5. The lowest BCUT2D eigenvalue weighted by atomic mass is 10.0. The zero-order valence-electron chi connectivity index (χ0n) is 23.9. The summed E-state index contributed by atoms with van der Waals surface area (Å²) in [7, 11) is 3.40. The lowest BCUT2D eigenvalue weighted by molar-refractivity contribution is -0.143. The summed E-state index contributed by atoms with van der Waals surface area (Å²) in [6.45, 7) is 4.26. The minimum Gasteiger partial charge on any atom is -0.385 e. The molecule has 0 N–H and O–H groups in total. The van der Waals surface area contributed by atoms with Gasteiger partial charge in [-0.2, -0.15) is 31.4 Å². The lowest BCUT2D eigenvalue weighted by Gasteiger charge is -2.35. The van der Waals surface area contributed by atoms with Gasteiger partial charge < -0.3 is 19.4 Å². The van der Waals surface area contributed by atoms with Crippen LogP contribution < -0.4 is 4.90 Å². The van der Waals surface area contributed by atoms with Crippen LogP contribution in [0.4, 0.5) is 36.6 Å². The molecule has 14 heteroatoms. The number of likely N-dealkylation sites (N-methyl/N-ethyl adjacent to an activating group) is 1. The number of hydrogen-bond donors (Lipinski definition) is 0. The van der Waals surface area contributed by atoms with Crippen molar-refractivity contribution in [1.82, 2.24) is 19.6 Å². The molecule has 1 amide bonds. The van der Waals surface area contributed by atoms with Gasteiger partial charge in [-0.15, -0.1) is 0 Å². The number of aromatic nitrogens is 2. The molecule has 4 rings (SSSR count). The molecular weight excluding hydrogens is 583 g/mol. The van der Waals surface area contributed by atoms with E-state index in [1.807, 2.05) is 11.9 Å². The van der Waals surface area contributed by atoms with Gasteiger partial charge in [0.1, 0.15) is 11.6 Å². The molecule has 0 radical (unpaired) electrons. The zero-order chi connectivity index (χ0) is 31.5. The summed E-state index contributed by atoms with van der Waals surface area (Å²) < 4.78 is 102. The third-order valence-corrected chi connectivity index (χ3v) is 7.26. The average Bonchev–Trinajstić information content (AvgIpc) is 3.27. The third kappa shape index (κ3) is 7.66. The Bertz CT molecular complexity index is 1400. The largest absolute Gasteiger partial charge is 0.416 e. The Morgan fingerprint density at radius 3 is 2.16 bits per heavy atom.